The van der Waals surface area contributed by atoms with E-state index in [-0.39, 0.29) is 17.4 Å². The highest BCUT2D eigenvalue weighted by Crippen LogP contribution is 2.44. The van der Waals surface area contributed by atoms with Gasteiger partial charge >= 0.3 is 0 Å². The molecule has 0 saturated carbocycles. The zero-order valence-electron chi connectivity index (χ0n) is 14.8. The minimum atomic E-state index is -0.344. The molecule has 0 aliphatic carbocycles. The Morgan fingerprint density at radius 2 is 1.79 bits per heavy atom. The van der Waals surface area contributed by atoms with Crippen LogP contribution in [0.2, 0.25) is 0 Å². The second-order valence-corrected chi connectivity index (χ2v) is 6.67. The van der Waals surface area contributed by atoms with Crippen LogP contribution in [0.5, 0.6) is 5.75 Å². The molecule has 24 heavy (non-hydrogen) atoms. The molecule has 0 unspecified atom stereocenters. The predicted molar refractivity (Wildman–Crippen MR) is 94.0 cm³/mol. The van der Waals surface area contributed by atoms with Crippen molar-refractivity contribution in [1.29, 1.82) is 0 Å². The predicted octanol–water partition coefficient (Wildman–Crippen LogP) is 2.85. The number of carbonyl (C=O) groups excluding carboxylic acids is 2. The fraction of sp³-hybridized carbons (Fsp3) is 0.474. The van der Waals surface area contributed by atoms with E-state index < -0.39 is 0 Å². The van der Waals surface area contributed by atoms with E-state index in [0.29, 0.717) is 13.1 Å². The highest BCUT2D eigenvalue weighted by Gasteiger charge is 2.44. The van der Waals surface area contributed by atoms with Gasteiger partial charge in [-0.2, -0.15) is 0 Å². The first kappa shape index (κ1) is 16.6. The second-order valence-electron chi connectivity index (χ2n) is 6.67. The van der Waals surface area contributed by atoms with Crippen LogP contribution in [-0.2, 0) is 9.59 Å². The summed E-state index contributed by atoms with van der Waals surface area (Å²) in [5.74, 6) is 0.912. The number of likely N-dealkylation sites (tertiary alicyclic amines) is 1. The topological polar surface area (TPSA) is 49.9 Å². The quantitative estimate of drug-likeness (QED) is 0.796. The third-order valence-corrected chi connectivity index (χ3v) is 5.19. The molecule has 1 saturated heterocycles. The summed E-state index contributed by atoms with van der Waals surface area (Å²) >= 11 is 0. The molecule has 0 aromatic heterocycles. The van der Waals surface area contributed by atoms with E-state index in [1.165, 1.54) is 0 Å². The van der Waals surface area contributed by atoms with Crippen LogP contribution >= 0.6 is 0 Å². The normalized spacial score (nSPS) is 18.9. The van der Waals surface area contributed by atoms with Gasteiger partial charge in [0.15, 0.2) is 0 Å². The first-order valence-electron chi connectivity index (χ1n) is 8.32. The lowest BCUT2D eigenvalue weighted by Gasteiger charge is -2.49. The van der Waals surface area contributed by atoms with Crippen LogP contribution < -0.4 is 9.64 Å². The monoisotopic (exact) mass is 328 g/mol. The van der Waals surface area contributed by atoms with Crippen molar-refractivity contribution < 1.29 is 14.3 Å². The number of rotatable bonds is 1. The molecule has 1 spiro atoms. The lowest BCUT2D eigenvalue weighted by atomic mass is 9.79. The molecule has 0 atom stereocenters. The number of nitrogens with zero attached hydrogens (tertiary/aromatic N) is 2. The zero-order valence-corrected chi connectivity index (χ0v) is 14.8. The zero-order chi connectivity index (χ0) is 17.5. The van der Waals surface area contributed by atoms with Gasteiger partial charge in [-0.15, -0.1) is 0 Å². The van der Waals surface area contributed by atoms with Gasteiger partial charge in [-0.3, -0.25) is 9.59 Å². The van der Waals surface area contributed by atoms with Crippen molar-refractivity contribution in [2.45, 2.75) is 39.2 Å². The molecule has 3 rings (SSSR count). The number of hydrogen-bond acceptors (Lipinski definition) is 3. The maximum atomic E-state index is 12.5. The SMILES string of the molecule is COc1ccc2c(c1)C(C)=CC1(CCN(C(C)=O)CC1)N2C(C)=O. The summed E-state index contributed by atoms with van der Waals surface area (Å²) in [6.07, 6.45) is 3.72. The van der Waals surface area contributed by atoms with Crippen LogP contribution in [0.4, 0.5) is 5.69 Å². The van der Waals surface area contributed by atoms with Crippen LogP contribution in [0.25, 0.3) is 5.57 Å². The van der Waals surface area contributed by atoms with Gasteiger partial charge in [-0.05, 0) is 43.5 Å². The summed E-state index contributed by atoms with van der Waals surface area (Å²) in [6.45, 7) is 6.64. The number of methoxy groups -OCH3 is 1. The molecule has 1 aromatic carbocycles. The van der Waals surface area contributed by atoms with E-state index in [2.05, 4.69) is 13.0 Å². The summed E-state index contributed by atoms with van der Waals surface area (Å²) in [5, 5.41) is 0. The molecule has 0 radical (unpaired) electrons. The third kappa shape index (κ3) is 2.58. The Balaban J connectivity index is 2.05. The van der Waals surface area contributed by atoms with E-state index in [1.54, 1.807) is 21.0 Å². The van der Waals surface area contributed by atoms with Crippen molar-refractivity contribution >= 4 is 23.1 Å². The summed E-state index contributed by atoms with van der Waals surface area (Å²) in [6, 6.07) is 5.84. The van der Waals surface area contributed by atoms with Gasteiger partial charge in [0.1, 0.15) is 5.75 Å². The molecular weight excluding hydrogens is 304 g/mol. The van der Waals surface area contributed by atoms with Crippen molar-refractivity contribution in [2.24, 2.45) is 0 Å². The molecule has 5 nitrogen and oxygen atoms in total. The van der Waals surface area contributed by atoms with E-state index in [4.69, 9.17) is 4.74 Å². The fourth-order valence-electron chi connectivity index (χ4n) is 4.00. The van der Waals surface area contributed by atoms with Crippen molar-refractivity contribution in [2.75, 3.05) is 25.1 Å². The van der Waals surface area contributed by atoms with Crippen molar-refractivity contribution in [3.63, 3.8) is 0 Å². The highest BCUT2D eigenvalue weighted by atomic mass is 16.5. The van der Waals surface area contributed by atoms with Crippen LogP contribution in [0.1, 0.15) is 39.2 Å². The molecular formula is C19H24N2O3. The number of amides is 2. The average Bonchev–Trinajstić information content (AvgIpc) is 2.54. The number of allylic oxidation sites excluding steroid dienone is 1. The third-order valence-electron chi connectivity index (χ3n) is 5.19. The molecule has 0 bridgehead atoms. The smallest absolute Gasteiger partial charge is 0.224 e. The summed E-state index contributed by atoms with van der Waals surface area (Å²) < 4.78 is 5.33. The van der Waals surface area contributed by atoms with Gasteiger partial charge in [-0.1, -0.05) is 6.08 Å². The molecule has 0 N–H and O–H groups in total. The maximum absolute atomic E-state index is 12.5. The van der Waals surface area contributed by atoms with Gasteiger partial charge in [0.05, 0.1) is 18.3 Å². The Hall–Kier alpha value is -2.30. The summed E-state index contributed by atoms with van der Waals surface area (Å²) in [7, 11) is 1.64. The Labute approximate surface area is 142 Å². The van der Waals surface area contributed by atoms with Crippen molar-refractivity contribution in [1.82, 2.24) is 4.90 Å². The number of piperidine rings is 1. The molecule has 2 aliphatic heterocycles. The van der Waals surface area contributed by atoms with E-state index in [9.17, 15) is 9.59 Å². The largest absolute Gasteiger partial charge is 0.497 e. The summed E-state index contributed by atoms with van der Waals surface area (Å²) in [5.41, 5.74) is 2.77. The number of fused-ring (bicyclic) bond motifs is 1. The van der Waals surface area contributed by atoms with Gasteiger partial charge in [-0.25, -0.2) is 0 Å². The van der Waals surface area contributed by atoms with Crippen LogP contribution in [0.3, 0.4) is 0 Å². The molecule has 128 valence electrons. The second kappa shape index (κ2) is 5.96. The molecule has 1 fully saturated rings. The number of anilines is 1. The van der Waals surface area contributed by atoms with E-state index in [1.807, 2.05) is 28.0 Å². The maximum Gasteiger partial charge on any atom is 0.224 e. The van der Waals surface area contributed by atoms with E-state index in [0.717, 1.165) is 35.4 Å². The number of benzene rings is 1. The lowest BCUT2D eigenvalue weighted by molar-refractivity contribution is -0.130. The van der Waals surface area contributed by atoms with Crippen LogP contribution in [-0.4, -0.2) is 42.5 Å². The van der Waals surface area contributed by atoms with Gasteiger partial charge < -0.3 is 14.5 Å². The Morgan fingerprint density at radius 3 is 2.33 bits per heavy atom. The first-order valence-corrected chi connectivity index (χ1v) is 8.32. The minimum Gasteiger partial charge on any atom is -0.497 e. The standard InChI is InChI=1S/C19H24N2O3/c1-13-12-19(7-9-20(10-8-19)14(2)22)21(15(3)23)18-6-5-16(24-4)11-17(13)18/h5-6,11-12H,7-10H2,1-4H3. The molecule has 2 aliphatic rings. The molecule has 1 aromatic rings. The van der Waals surface area contributed by atoms with Crippen molar-refractivity contribution in [3.8, 4) is 5.75 Å². The molecule has 2 amide bonds. The average molecular weight is 328 g/mol. The minimum absolute atomic E-state index is 0.0291. The van der Waals surface area contributed by atoms with Gasteiger partial charge in [0.2, 0.25) is 11.8 Å². The lowest BCUT2D eigenvalue weighted by Crippen LogP contribution is -2.58. The Morgan fingerprint density at radius 1 is 1.12 bits per heavy atom. The van der Waals surface area contributed by atoms with E-state index >= 15 is 0 Å². The number of hydrogen-bond donors (Lipinski definition) is 0. The van der Waals surface area contributed by atoms with Crippen LogP contribution in [0, 0.1) is 0 Å². The highest BCUT2D eigenvalue weighted by molar-refractivity contribution is 5.99. The summed E-state index contributed by atoms with van der Waals surface area (Å²) in [4.78, 5) is 27.9. The number of carbonyl (C=O) groups is 2. The first-order chi connectivity index (χ1) is 11.4. The molecule has 2 heterocycles. The van der Waals surface area contributed by atoms with Gasteiger partial charge in [0.25, 0.3) is 0 Å². The van der Waals surface area contributed by atoms with Crippen LogP contribution in [0.15, 0.2) is 24.3 Å². The van der Waals surface area contributed by atoms with Crippen molar-refractivity contribution in [3.05, 3.63) is 29.8 Å². The number of ether oxygens (including phenoxy) is 1. The fourth-order valence-corrected chi connectivity index (χ4v) is 4.00. The molecule has 5 heteroatoms. The Kier molecular flexibility index (Phi) is 4.11. The Bertz CT molecular complexity index is 715. The van der Waals surface area contributed by atoms with Gasteiger partial charge in [0, 0.05) is 32.5 Å².